The molecule has 0 bridgehead atoms. The zero-order valence-corrected chi connectivity index (χ0v) is 13.1. The van der Waals surface area contributed by atoms with E-state index in [1.165, 1.54) is 51.4 Å². The van der Waals surface area contributed by atoms with Crippen molar-refractivity contribution in [3.05, 3.63) is 0 Å². The Morgan fingerprint density at radius 3 is 1.22 bits per heavy atom. The Bertz CT molecular complexity index is 214. The van der Waals surface area contributed by atoms with Crippen molar-refractivity contribution in [2.45, 2.75) is 79.1 Å². The van der Waals surface area contributed by atoms with Crippen molar-refractivity contribution in [2.75, 3.05) is 0 Å². The molecule has 2 aliphatic rings. The van der Waals surface area contributed by atoms with E-state index in [1.807, 2.05) is 0 Å². The highest BCUT2D eigenvalue weighted by molar-refractivity contribution is 4.88. The van der Waals surface area contributed by atoms with Crippen molar-refractivity contribution in [1.82, 2.24) is 0 Å². The van der Waals surface area contributed by atoms with E-state index < -0.39 is 0 Å². The third-order valence-corrected chi connectivity index (χ3v) is 6.01. The van der Waals surface area contributed by atoms with Gasteiger partial charge in [0.25, 0.3) is 0 Å². The Hall–Kier alpha value is 0. The highest BCUT2D eigenvalue weighted by atomic mass is 14.4. The lowest BCUT2D eigenvalue weighted by Crippen LogP contribution is -2.37. The largest absolute Gasteiger partial charge is 0.0625 e. The lowest BCUT2D eigenvalue weighted by molar-refractivity contribution is 0.0407. The van der Waals surface area contributed by atoms with Crippen molar-refractivity contribution in [2.24, 2.45) is 35.5 Å². The Balaban J connectivity index is 2.10. The lowest BCUT2D eigenvalue weighted by atomic mass is 9.60. The number of hydrogen-bond donors (Lipinski definition) is 0. The van der Waals surface area contributed by atoms with Gasteiger partial charge in [-0.1, -0.05) is 53.4 Å². The summed E-state index contributed by atoms with van der Waals surface area (Å²) < 4.78 is 0. The Labute approximate surface area is 115 Å². The fourth-order valence-corrected chi connectivity index (χ4v) is 5.10. The first-order valence-corrected chi connectivity index (χ1v) is 8.61. The molecule has 18 heavy (non-hydrogen) atoms. The summed E-state index contributed by atoms with van der Waals surface area (Å²) in [5.41, 5.74) is 0. The number of rotatable bonds is 3. The first kappa shape index (κ1) is 14.4. The van der Waals surface area contributed by atoms with Crippen molar-refractivity contribution < 1.29 is 0 Å². The van der Waals surface area contributed by atoms with Crippen molar-refractivity contribution in [3.63, 3.8) is 0 Å². The van der Waals surface area contributed by atoms with Gasteiger partial charge in [-0.3, -0.25) is 0 Å². The SMILES string of the molecule is CC(C)C1CCCCC1C1CCCCC1C(C)C. The molecule has 0 amide bonds. The molecule has 0 aromatic rings. The smallest absolute Gasteiger partial charge is 0.0352 e. The molecule has 0 nitrogen and oxygen atoms in total. The molecule has 2 aliphatic carbocycles. The van der Waals surface area contributed by atoms with Crippen LogP contribution >= 0.6 is 0 Å². The van der Waals surface area contributed by atoms with E-state index >= 15 is 0 Å². The van der Waals surface area contributed by atoms with Gasteiger partial charge in [-0.15, -0.1) is 0 Å². The minimum absolute atomic E-state index is 0.907. The molecule has 0 spiro atoms. The maximum absolute atomic E-state index is 2.47. The van der Waals surface area contributed by atoms with Gasteiger partial charge in [-0.05, 0) is 61.2 Å². The predicted octanol–water partition coefficient (Wildman–Crippen LogP) is 5.91. The van der Waals surface area contributed by atoms with Crippen LogP contribution in [0, 0.1) is 35.5 Å². The van der Waals surface area contributed by atoms with Crippen LogP contribution in [0.2, 0.25) is 0 Å². The summed E-state index contributed by atoms with van der Waals surface area (Å²) >= 11 is 0. The summed E-state index contributed by atoms with van der Waals surface area (Å²) in [6, 6.07) is 0. The van der Waals surface area contributed by atoms with Crippen molar-refractivity contribution in [1.29, 1.82) is 0 Å². The molecule has 4 unspecified atom stereocenters. The highest BCUT2D eigenvalue weighted by Gasteiger charge is 2.39. The summed E-state index contributed by atoms with van der Waals surface area (Å²) in [4.78, 5) is 0. The predicted molar refractivity (Wildman–Crippen MR) is 80.6 cm³/mol. The summed E-state index contributed by atoms with van der Waals surface area (Å²) in [6.45, 7) is 9.87. The molecular formula is C18H34. The molecule has 2 fully saturated rings. The molecule has 0 heteroatoms. The topological polar surface area (TPSA) is 0 Å². The maximum atomic E-state index is 2.47. The minimum atomic E-state index is 0.907. The van der Waals surface area contributed by atoms with Gasteiger partial charge in [0, 0.05) is 0 Å². The van der Waals surface area contributed by atoms with Crippen LogP contribution in [0.3, 0.4) is 0 Å². The molecule has 0 aromatic carbocycles. The number of hydrogen-bond acceptors (Lipinski definition) is 0. The average Bonchev–Trinajstić information content (AvgIpc) is 2.38. The Morgan fingerprint density at radius 1 is 0.556 bits per heavy atom. The monoisotopic (exact) mass is 250 g/mol. The Morgan fingerprint density at radius 2 is 0.889 bits per heavy atom. The zero-order chi connectivity index (χ0) is 13.1. The quantitative estimate of drug-likeness (QED) is 0.584. The van der Waals surface area contributed by atoms with Crippen LogP contribution in [0.5, 0.6) is 0 Å². The van der Waals surface area contributed by atoms with Crippen LogP contribution in [-0.2, 0) is 0 Å². The van der Waals surface area contributed by atoms with E-state index in [-0.39, 0.29) is 0 Å². The summed E-state index contributed by atoms with van der Waals surface area (Å²) in [5, 5.41) is 0. The molecule has 0 N–H and O–H groups in total. The van der Waals surface area contributed by atoms with Crippen LogP contribution < -0.4 is 0 Å². The Kier molecular flexibility index (Phi) is 5.15. The summed E-state index contributed by atoms with van der Waals surface area (Å²) in [7, 11) is 0. The molecule has 0 aromatic heterocycles. The van der Waals surface area contributed by atoms with E-state index in [4.69, 9.17) is 0 Å². The van der Waals surface area contributed by atoms with Crippen LogP contribution in [0.15, 0.2) is 0 Å². The van der Waals surface area contributed by atoms with Gasteiger partial charge < -0.3 is 0 Å². The molecule has 0 saturated heterocycles. The fourth-order valence-electron chi connectivity index (χ4n) is 5.10. The summed E-state index contributed by atoms with van der Waals surface area (Å²) in [6.07, 6.45) is 12.1. The molecule has 0 heterocycles. The van der Waals surface area contributed by atoms with Gasteiger partial charge in [0.1, 0.15) is 0 Å². The molecule has 106 valence electrons. The van der Waals surface area contributed by atoms with Crippen molar-refractivity contribution >= 4 is 0 Å². The van der Waals surface area contributed by atoms with Crippen molar-refractivity contribution in [3.8, 4) is 0 Å². The molecule has 4 atom stereocenters. The zero-order valence-electron chi connectivity index (χ0n) is 13.1. The van der Waals surface area contributed by atoms with Gasteiger partial charge in [-0.25, -0.2) is 0 Å². The molecular weight excluding hydrogens is 216 g/mol. The summed E-state index contributed by atoms with van der Waals surface area (Å²) in [5.74, 6) is 6.00. The first-order valence-electron chi connectivity index (χ1n) is 8.61. The van der Waals surface area contributed by atoms with Gasteiger partial charge in [0.15, 0.2) is 0 Å². The van der Waals surface area contributed by atoms with Gasteiger partial charge >= 0.3 is 0 Å². The van der Waals surface area contributed by atoms with E-state index in [0.29, 0.717) is 0 Å². The van der Waals surface area contributed by atoms with Gasteiger partial charge in [-0.2, -0.15) is 0 Å². The van der Waals surface area contributed by atoms with E-state index in [9.17, 15) is 0 Å². The minimum Gasteiger partial charge on any atom is -0.0625 e. The first-order chi connectivity index (χ1) is 8.61. The van der Waals surface area contributed by atoms with E-state index in [0.717, 1.165) is 35.5 Å². The fraction of sp³-hybridized carbons (Fsp3) is 1.00. The van der Waals surface area contributed by atoms with Crippen LogP contribution in [0.25, 0.3) is 0 Å². The molecule has 0 aliphatic heterocycles. The molecule has 0 radical (unpaired) electrons. The van der Waals surface area contributed by atoms with E-state index in [2.05, 4.69) is 27.7 Å². The normalized spacial score (nSPS) is 38.3. The van der Waals surface area contributed by atoms with Gasteiger partial charge in [0.2, 0.25) is 0 Å². The highest BCUT2D eigenvalue weighted by Crippen LogP contribution is 2.48. The average molecular weight is 250 g/mol. The van der Waals surface area contributed by atoms with Gasteiger partial charge in [0.05, 0.1) is 0 Å². The molecule has 2 rings (SSSR count). The molecule has 2 saturated carbocycles. The standard InChI is InChI=1S/C18H34/c1-13(2)15-9-5-7-11-17(15)18-12-8-6-10-16(18)14(3)4/h13-18H,5-12H2,1-4H3. The second-order valence-electron chi connectivity index (χ2n) is 7.71. The third-order valence-electron chi connectivity index (χ3n) is 6.01. The van der Waals surface area contributed by atoms with Crippen LogP contribution in [0.1, 0.15) is 79.1 Å². The van der Waals surface area contributed by atoms with Crippen LogP contribution in [-0.4, -0.2) is 0 Å². The lowest BCUT2D eigenvalue weighted by Gasteiger charge is -2.46. The second-order valence-corrected chi connectivity index (χ2v) is 7.71. The van der Waals surface area contributed by atoms with Crippen LogP contribution in [0.4, 0.5) is 0 Å². The third kappa shape index (κ3) is 3.11. The maximum Gasteiger partial charge on any atom is -0.0352 e. The second kappa shape index (κ2) is 6.44. The van der Waals surface area contributed by atoms with E-state index in [1.54, 1.807) is 0 Å².